The summed E-state index contributed by atoms with van der Waals surface area (Å²) in [5, 5.41) is 7.42. The highest BCUT2D eigenvalue weighted by Crippen LogP contribution is 2.27. The summed E-state index contributed by atoms with van der Waals surface area (Å²) >= 11 is 1.87. The van der Waals surface area contributed by atoms with Crippen LogP contribution in [0.1, 0.15) is 25.8 Å². The van der Waals surface area contributed by atoms with Crippen molar-refractivity contribution in [1.82, 2.24) is 10.2 Å². The van der Waals surface area contributed by atoms with E-state index in [9.17, 15) is 0 Å². The first-order chi connectivity index (χ1) is 9.20. The van der Waals surface area contributed by atoms with Gasteiger partial charge in [-0.3, -0.25) is 4.90 Å². The first-order valence-corrected chi connectivity index (χ1v) is 8.01. The number of hydrogen-bond donors (Lipinski definition) is 1. The lowest BCUT2D eigenvalue weighted by Gasteiger charge is -2.41. The molecule has 1 aromatic carbocycles. The Morgan fingerprint density at radius 3 is 3.05 bits per heavy atom. The quantitative estimate of drug-likeness (QED) is 0.922. The predicted octanol–water partition coefficient (Wildman–Crippen LogP) is 3.48. The van der Waals surface area contributed by atoms with Crippen LogP contribution in [0.25, 0.3) is 10.1 Å². The Bertz CT molecular complexity index is 563. The third-order valence-electron chi connectivity index (χ3n) is 4.29. The maximum absolute atomic E-state index is 3.65. The summed E-state index contributed by atoms with van der Waals surface area (Å²) < 4.78 is 1.41. The number of fused-ring (bicyclic) bond motifs is 1. The zero-order valence-corrected chi connectivity index (χ0v) is 12.6. The lowest BCUT2D eigenvalue weighted by Crippen LogP contribution is -2.58. The summed E-state index contributed by atoms with van der Waals surface area (Å²) in [6.07, 6.45) is 1.19. The second-order valence-electron chi connectivity index (χ2n) is 5.81. The van der Waals surface area contributed by atoms with Crippen LogP contribution in [-0.4, -0.2) is 30.1 Å². The Balaban J connectivity index is 1.78. The molecule has 102 valence electrons. The molecule has 19 heavy (non-hydrogen) atoms. The van der Waals surface area contributed by atoms with Gasteiger partial charge < -0.3 is 5.32 Å². The van der Waals surface area contributed by atoms with Crippen molar-refractivity contribution < 1.29 is 0 Å². The molecule has 0 radical (unpaired) electrons. The van der Waals surface area contributed by atoms with E-state index < -0.39 is 0 Å². The van der Waals surface area contributed by atoms with Gasteiger partial charge in [0.1, 0.15) is 0 Å². The van der Waals surface area contributed by atoms with Gasteiger partial charge in [0.25, 0.3) is 0 Å². The van der Waals surface area contributed by atoms with Crippen molar-refractivity contribution in [3.8, 4) is 0 Å². The molecule has 0 saturated carbocycles. The lowest BCUT2D eigenvalue weighted by molar-refractivity contribution is 0.134. The van der Waals surface area contributed by atoms with Crippen molar-refractivity contribution in [2.45, 2.75) is 32.4 Å². The molecule has 0 spiro atoms. The Labute approximate surface area is 119 Å². The zero-order chi connectivity index (χ0) is 13.3. The van der Waals surface area contributed by atoms with E-state index in [-0.39, 0.29) is 5.54 Å². The largest absolute Gasteiger partial charge is 0.309 e. The first kappa shape index (κ1) is 13.1. The molecular formula is C16H22N2S. The van der Waals surface area contributed by atoms with Gasteiger partial charge in [-0.05, 0) is 35.7 Å². The van der Waals surface area contributed by atoms with Crippen molar-refractivity contribution in [3.63, 3.8) is 0 Å². The molecule has 1 aliphatic rings. The highest BCUT2D eigenvalue weighted by Gasteiger charge is 2.28. The topological polar surface area (TPSA) is 15.3 Å². The minimum Gasteiger partial charge on any atom is -0.309 e. The Hall–Kier alpha value is -0.900. The van der Waals surface area contributed by atoms with Crippen LogP contribution in [-0.2, 0) is 6.54 Å². The minimum absolute atomic E-state index is 0.282. The molecule has 1 aliphatic heterocycles. The number of thiophene rings is 1. The first-order valence-electron chi connectivity index (χ1n) is 7.13. The second-order valence-corrected chi connectivity index (χ2v) is 6.72. The molecule has 1 aromatic heterocycles. The summed E-state index contributed by atoms with van der Waals surface area (Å²) in [5.74, 6) is 0. The molecule has 3 rings (SSSR count). The summed E-state index contributed by atoms with van der Waals surface area (Å²) in [7, 11) is 0. The van der Waals surface area contributed by atoms with Crippen LogP contribution < -0.4 is 5.32 Å². The number of rotatable bonds is 3. The number of piperazine rings is 1. The van der Waals surface area contributed by atoms with Gasteiger partial charge >= 0.3 is 0 Å². The van der Waals surface area contributed by atoms with Crippen molar-refractivity contribution in [2.24, 2.45) is 0 Å². The van der Waals surface area contributed by atoms with Crippen LogP contribution in [0.2, 0.25) is 0 Å². The third-order valence-corrected chi connectivity index (χ3v) is 5.30. The molecule has 0 aliphatic carbocycles. The van der Waals surface area contributed by atoms with Crippen molar-refractivity contribution in [1.29, 1.82) is 0 Å². The van der Waals surface area contributed by atoms with E-state index >= 15 is 0 Å². The van der Waals surface area contributed by atoms with Gasteiger partial charge in [-0.25, -0.2) is 0 Å². The summed E-state index contributed by atoms with van der Waals surface area (Å²) in [5.41, 5.74) is 1.77. The highest BCUT2D eigenvalue weighted by molar-refractivity contribution is 7.17. The van der Waals surface area contributed by atoms with E-state index in [1.165, 1.54) is 22.1 Å². The molecular weight excluding hydrogens is 252 g/mol. The molecule has 0 bridgehead atoms. The highest BCUT2D eigenvalue weighted by atomic mass is 32.1. The fourth-order valence-corrected chi connectivity index (χ4v) is 3.87. The Morgan fingerprint density at radius 2 is 2.21 bits per heavy atom. The molecule has 1 N–H and O–H groups in total. The number of benzene rings is 1. The van der Waals surface area contributed by atoms with Crippen molar-refractivity contribution >= 4 is 21.4 Å². The second kappa shape index (κ2) is 5.23. The third kappa shape index (κ3) is 2.69. The van der Waals surface area contributed by atoms with E-state index in [1.807, 2.05) is 11.3 Å². The molecule has 2 aromatic rings. The van der Waals surface area contributed by atoms with Crippen molar-refractivity contribution in [3.05, 3.63) is 35.2 Å². The van der Waals surface area contributed by atoms with Crippen LogP contribution in [0.3, 0.4) is 0 Å². The predicted molar refractivity (Wildman–Crippen MR) is 83.8 cm³/mol. The van der Waals surface area contributed by atoms with Crippen LogP contribution >= 0.6 is 11.3 Å². The van der Waals surface area contributed by atoms with Crippen LogP contribution in [0.4, 0.5) is 0 Å². The van der Waals surface area contributed by atoms with Crippen LogP contribution in [0.5, 0.6) is 0 Å². The fraction of sp³-hybridized carbons (Fsp3) is 0.500. The Kier molecular flexibility index (Phi) is 3.61. The number of nitrogens with one attached hydrogen (secondary N) is 1. The van der Waals surface area contributed by atoms with Gasteiger partial charge in [-0.15, -0.1) is 11.3 Å². The average Bonchev–Trinajstić information content (AvgIpc) is 2.83. The van der Waals surface area contributed by atoms with E-state index in [0.717, 1.165) is 26.2 Å². The van der Waals surface area contributed by atoms with E-state index in [1.54, 1.807) is 0 Å². The molecule has 0 amide bonds. The van der Waals surface area contributed by atoms with Gasteiger partial charge in [0, 0.05) is 36.4 Å². The lowest BCUT2D eigenvalue weighted by atomic mass is 9.95. The summed E-state index contributed by atoms with van der Waals surface area (Å²) in [6, 6.07) is 8.74. The van der Waals surface area contributed by atoms with Gasteiger partial charge in [-0.2, -0.15) is 0 Å². The number of hydrogen-bond acceptors (Lipinski definition) is 3. The summed E-state index contributed by atoms with van der Waals surface area (Å²) in [6.45, 7) is 9.10. The zero-order valence-electron chi connectivity index (χ0n) is 11.8. The maximum atomic E-state index is 3.65. The molecule has 3 heteroatoms. The molecule has 1 saturated heterocycles. The van der Waals surface area contributed by atoms with Crippen LogP contribution in [0.15, 0.2) is 29.6 Å². The molecule has 2 nitrogen and oxygen atoms in total. The molecule has 1 atom stereocenters. The summed E-state index contributed by atoms with van der Waals surface area (Å²) in [4.78, 5) is 2.59. The van der Waals surface area contributed by atoms with Gasteiger partial charge in [-0.1, -0.05) is 25.1 Å². The SMILES string of the molecule is CCC1(C)CN(Cc2csc3ccccc23)CCN1. The van der Waals surface area contributed by atoms with Gasteiger partial charge in [0.15, 0.2) is 0 Å². The monoisotopic (exact) mass is 274 g/mol. The molecule has 2 heterocycles. The van der Waals surface area contributed by atoms with Gasteiger partial charge in [0.05, 0.1) is 0 Å². The fourth-order valence-electron chi connectivity index (χ4n) is 2.91. The van der Waals surface area contributed by atoms with Gasteiger partial charge in [0.2, 0.25) is 0 Å². The smallest absolute Gasteiger partial charge is 0.0346 e. The van der Waals surface area contributed by atoms with Crippen molar-refractivity contribution in [2.75, 3.05) is 19.6 Å². The normalized spacial score (nSPS) is 24.9. The van der Waals surface area contributed by atoms with E-state index in [0.29, 0.717) is 0 Å². The standard InChI is InChI=1S/C16H22N2S/c1-3-16(2)12-18(9-8-17-16)10-13-11-19-15-7-5-4-6-14(13)15/h4-7,11,17H,3,8-10,12H2,1-2H3. The molecule has 1 fully saturated rings. The van der Waals surface area contributed by atoms with Crippen LogP contribution in [0, 0.1) is 0 Å². The maximum Gasteiger partial charge on any atom is 0.0346 e. The Morgan fingerprint density at radius 1 is 1.37 bits per heavy atom. The van der Waals surface area contributed by atoms with E-state index in [2.05, 4.69) is 53.7 Å². The minimum atomic E-state index is 0.282. The number of nitrogens with zero attached hydrogens (tertiary/aromatic N) is 1. The molecule has 1 unspecified atom stereocenters. The van der Waals surface area contributed by atoms with E-state index in [4.69, 9.17) is 0 Å². The average molecular weight is 274 g/mol.